The summed E-state index contributed by atoms with van der Waals surface area (Å²) in [5.74, 6) is -0.0252. The number of thioether (sulfide) groups is 1. The largest absolute Gasteiger partial charge is 0.347 e. The van der Waals surface area contributed by atoms with Crippen LogP contribution in [-0.2, 0) is 18.4 Å². The van der Waals surface area contributed by atoms with E-state index in [0.29, 0.717) is 17.8 Å². The number of hydrogen-bond acceptors (Lipinski definition) is 7. The van der Waals surface area contributed by atoms with Crippen molar-refractivity contribution in [3.8, 4) is 10.6 Å². The van der Waals surface area contributed by atoms with Crippen LogP contribution in [0.4, 0.5) is 5.69 Å². The van der Waals surface area contributed by atoms with Gasteiger partial charge in [-0.2, -0.15) is 0 Å². The summed E-state index contributed by atoms with van der Waals surface area (Å²) in [6, 6.07) is 10.9. The fourth-order valence-electron chi connectivity index (χ4n) is 2.88. The highest BCUT2D eigenvalue weighted by Gasteiger charge is 2.10. The van der Waals surface area contributed by atoms with Crippen molar-refractivity contribution in [3.05, 3.63) is 69.6 Å². The smallest absolute Gasteiger partial charge is 0.251 e. The number of thiazole rings is 1. The van der Waals surface area contributed by atoms with Crippen LogP contribution in [0.5, 0.6) is 0 Å². The van der Waals surface area contributed by atoms with E-state index in [1.807, 2.05) is 42.2 Å². The zero-order chi connectivity index (χ0) is 22.5. The van der Waals surface area contributed by atoms with Crippen molar-refractivity contribution in [2.45, 2.75) is 18.6 Å². The first kappa shape index (κ1) is 22.3. The molecule has 0 aliphatic rings. The molecule has 0 aliphatic heterocycles. The van der Waals surface area contributed by atoms with Gasteiger partial charge in [-0.1, -0.05) is 11.8 Å². The number of carbonyl (C=O) groups is 2. The van der Waals surface area contributed by atoms with E-state index in [1.165, 1.54) is 11.8 Å². The highest BCUT2D eigenvalue weighted by molar-refractivity contribution is 7.99. The van der Waals surface area contributed by atoms with E-state index in [1.54, 1.807) is 53.1 Å². The molecule has 0 unspecified atom stereocenters. The number of aryl methyl sites for hydroxylation is 2. The molecule has 2 amide bonds. The number of rotatable bonds is 8. The molecule has 0 spiro atoms. The third kappa shape index (κ3) is 5.64. The lowest BCUT2D eigenvalue weighted by Crippen LogP contribution is -2.22. The van der Waals surface area contributed by atoms with Crippen LogP contribution in [-0.4, -0.2) is 32.1 Å². The number of thiophene rings is 1. The van der Waals surface area contributed by atoms with Gasteiger partial charge in [-0.05, 0) is 43.3 Å². The molecular weight excluding hydrogens is 462 g/mol. The maximum absolute atomic E-state index is 12.5. The zero-order valence-electron chi connectivity index (χ0n) is 17.5. The molecule has 4 rings (SSSR count). The topological polar surface area (TPSA) is 88.9 Å². The predicted octanol–water partition coefficient (Wildman–Crippen LogP) is 4.57. The van der Waals surface area contributed by atoms with Crippen LogP contribution in [0.2, 0.25) is 0 Å². The molecular formula is C22H21N5O2S3. The second kappa shape index (κ2) is 10.1. The average molecular weight is 484 g/mol. The number of anilines is 1. The number of hydrogen-bond donors (Lipinski definition) is 2. The summed E-state index contributed by atoms with van der Waals surface area (Å²) in [4.78, 5) is 35.5. The van der Waals surface area contributed by atoms with Crippen molar-refractivity contribution in [3.63, 3.8) is 0 Å². The van der Waals surface area contributed by atoms with E-state index in [0.717, 1.165) is 25.6 Å². The minimum Gasteiger partial charge on any atom is -0.347 e. The van der Waals surface area contributed by atoms with Gasteiger partial charge in [0.2, 0.25) is 5.91 Å². The molecule has 4 aromatic rings. The van der Waals surface area contributed by atoms with Gasteiger partial charge in [0.15, 0.2) is 5.16 Å². The standard InChI is InChI=1S/C22H21N5O2S3/c1-14-25-18(12-30-14)19-8-7-17(32-19)11-24-21(29)15-3-5-16(6-4-15)26-20(28)13-31-22-23-9-10-27(22)2/h3-10,12H,11,13H2,1-2H3,(H,24,29)(H,26,28). The normalized spacial score (nSPS) is 10.8. The van der Waals surface area contributed by atoms with Crippen molar-refractivity contribution < 1.29 is 9.59 Å². The fraction of sp³-hybridized carbons (Fsp3) is 0.182. The van der Waals surface area contributed by atoms with Gasteiger partial charge in [0.1, 0.15) is 0 Å². The molecule has 32 heavy (non-hydrogen) atoms. The van der Waals surface area contributed by atoms with E-state index in [4.69, 9.17) is 0 Å². The second-order valence-electron chi connectivity index (χ2n) is 6.94. The molecule has 1 aromatic carbocycles. The lowest BCUT2D eigenvalue weighted by Gasteiger charge is -2.07. The molecule has 0 saturated heterocycles. The summed E-state index contributed by atoms with van der Waals surface area (Å²) in [5, 5.41) is 9.64. The monoisotopic (exact) mass is 483 g/mol. The van der Waals surface area contributed by atoms with Crippen molar-refractivity contribution in [1.82, 2.24) is 19.9 Å². The molecule has 3 heterocycles. The first-order valence-corrected chi connectivity index (χ1v) is 12.5. The lowest BCUT2D eigenvalue weighted by atomic mass is 10.2. The van der Waals surface area contributed by atoms with Gasteiger partial charge in [-0.3, -0.25) is 9.59 Å². The number of benzene rings is 1. The predicted molar refractivity (Wildman–Crippen MR) is 130 cm³/mol. The van der Waals surface area contributed by atoms with E-state index in [9.17, 15) is 9.59 Å². The molecule has 0 saturated carbocycles. The molecule has 10 heteroatoms. The quantitative estimate of drug-likeness (QED) is 0.358. The molecule has 0 atom stereocenters. The number of aromatic nitrogens is 3. The minimum absolute atomic E-state index is 0.126. The number of imidazole rings is 1. The van der Waals surface area contributed by atoms with Crippen LogP contribution in [0.25, 0.3) is 10.6 Å². The highest BCUT2D eigenvalue weighted by Crippen LogP contribution is 2.29. The number of nitrogens with one attached hydrogen (secondary N) is 2. The van der Waals surface area contributed by atoms with Crippen LogP contribution in [0.3, 0.4) is 0 Å². The van der Waals surface area contributed by atoms with Crippen molar-refractivity contribution in [2.75, 3.05) is 11.1 Å². The number of nitrogens with zero attached hydrogens (tertiary/aromatic N) is 3. The second-order valence-corrected chi connectivity index (χ2v) is 10.1. The van der Waals surface area contributed by atoms with Gasteiger partial charge in [-0.25, -0.2) is 9.97 Å². The maximum Gasteiger partial charge on any atom is 0.251 e. The summed E-state index contributed by atoms with van der Waals surface area (Å²) < 4.78 is 1.86. The Hall–Kier alpha value is -2.95. The van der Waals surface area contributed by atoms with Gasteiger partial charge in [0.25, 0.3) is 5.91 Å². The first-order chi connectivity index (χ1) is 15.5. The van der Waals surface area contributed by atoms with Crippen molar-refractivity contribution in [2.24, 2.45) is 7.05 Å². The van der Waals surface area contributed by atoms with Gasteiger partial charge < -0.3 is 15.2 Å². The van der Waals surface area contributed by atoms with Gasteiger partial charge >= 0.3 is 0 Å². The van der Waals surface area contributed by atoms with E-state index < -0.39 is 0 Å². The molecule has 0 bridgehead atoms. The Morgan fingerprint density at radius 3 is 2.66 bits per heavy atom. The highest BCUT2D eigenvalue weighted by atomic mass is 32.2. The van der Waals surface area contributed by atoms with E-state index in [2.05, 4.69) is 20.6 Å². The Morgan fingerprint density at radius 1 is 1.16 bits per heavy atom. The Balaban J connectivity index is 1.26. The Kier molecular flexibility index (Phi) is 7.03. The van der Waals surface area contributed by atoms with Crippen LogP contribution < -0.4 is 10.6 Å². The summed E-state index contributed by atoms with van der Waals surface area (Å²) in [5.41, 5.74) is 2.16. The molecule has 164 valence electrons. The van der Waals surface area contributed by atoms with Crippen LogP contribution in [0, 0.1) is 6.92 Å². The SMILES string of the molecule is Cc1nc(-c2ccc(CNC(=O)c3ccc(NC(=O)CSc4nccn4C)cc3)s2)cs1. The molecule has 0 radical (unpaired) electrons. The Morgan fingerprint density at radius 2 is 1.97 bits per heavy atom. The number of amides is 2. The van der Waals surface area contributed by atoms with Gasteiger partial charge in [0, 0.05) is 40.9 Å². The van der Waals surface area contributed by atoms with Crippen LogP contribution in [0.15, 0.2) is 59.3 Å². The summed E-state index contributed by atoms with van der Waals surface area (Å²) in [6.45, 7) is 2.44. The molecule has 7 nitrogen and oxygen atoms in total. The summed E-state index contributed by atoms with van der Waals surface area (Å²) in [6.07, 6.45) is 3.53. The zero-order valence-corrected chi connectivity index (χ0v) is 19.9. The molecule has 2 N–H and O–H groups in total. The summed E-state index contributed by atoms with van der Waals surface area (Å²) >= 11 is 4.62. The van der Waals surface area contributed by atoms with E-state index in [-0.39, 0.29) is 17.6 Å². The third-order valence-corrected chi connectivity index (χ3v) is 7.44. The summed E-state index contributed by atoms with van der Waals surface area (Å²) in [7, 11) is 1.89. The average Bonchev–Trinajstić information content (AvgIpc) is 3.52. The lowest BCUT2D eigenvalue weighted by molar-refractivity contribution is -0.113. The van der Waals surface area contributed by atoms with Gasteiger partial charge in [-0.15, -0.1) is 22.7 Å². The molecule has 0 aliphatic carbocycles. The fourth-order valence-corrected chi connectivity index (χ4v) is 5.21. The van der Waals surface area contributed by atoms with Gasteiger partial charge in [0.05, 0.1) is 27.9 Å². The van der Waals surface area contributed by atoms with Crippen LogP contribution in [0.1, 0.15) is 20.2 Å². The van der Waals surface area contributed by atoms with Crippen molar-refractivity contribution >= 4 is 51.9 Å². The Labute approximate surface area is 197 Å². The Bertz CT molecular complexity index is 1230. The molecule has 0 fully saturated rings. The van der Waals surface area contributed by atoms with E-state index >= 15 is 0 Å². The minimum atomic E-state index is -0.160. The number of carbonyl (C=O) groups excluding carboxylic acids is 2. The maximum atomic E-state index is 12.5. The molecule has 3 aromatic heterocycles. The van der Waals surface area contributed by atoms with Crippen LogP contribution >= 0.6 is 34.4 Å². The first-order valence-electron chi connectivity index (χ1n) is 9.77. The van der Waals surface area contributed by atoms with Crippen molar-refractivity contribution in [1.29, 1.82) is 0 Å². The third-order valence-electron chi connectivity index (χ3n) is 4.50.